The molecule has 0 aliphatic heterocycles. The van der Waals surface area contributed by atoms with Gasteiger partial charge in [-0.2, -0.15) is 0 Å². The Kier molecular flexibility index (Phi) is 3.39. The lowest BCUT2D eigenvalue weighted by Gasteiger charge is -2.22. The van der Waals surface area contributed by atoms with Crippen LogP contribution in [0.25, 0.3) is 0 Å². The molecule has 1 aromatic heterocycles. The Hall–Kier alpha value is -1.58. The number of pyridine rings is 1. The van der Waals surface area contributed by atoms with Gasteiger partial charge in [0.15, 0.2) is 0 Å². The number of hydrogen-bond acceptors (Lipinski definition) is 3. The first-order valence-electron chi connectivity index (χ1n) is 5.68. The van der Waals surface area contributed by atoms with Crippen molar-refractivity contribution in [1.29, 1.82) is 0 Å². The van der Waals surface area contributed by atoms with Crippen molar-refractivity contribution in [3.8, 4) is 5.88 Å². The molecule has 86 valence electrons. The summed E-state index contributed by atoms with van der Waals surface area (Å²) in [6, 6.07) is 3.35. The normalized spacial score (nSPS) is 17.0. The minimum Gasteiger partial charge on any atom is -0.474 e. The van der Waals surface area contributed by atoms with Crippen LogP contribution in [0, 0.1) is 0 Å². The van der Waals surface area contributed by atoms with Gasteiger partial charge in [-0.3, -0.25) is 4.79 Å². The van der Waals surface area contributed by atoms with Crippen LogP contribution in [0.15, 0.2) is 18.3 Å². The largest absolute Gasteiger partial charge is 0.474 e. The fraction of sp³-hybridized carbons (Fsp3) is 0.500. The molecule has 0 radical (unpaired) electrons. The van der Waals surface area contributed by atoms with Crippen LogP contribution >= 0.6 is 0 Å². The fourth-order valence-corrected chi connectivity index (χ4v) is 1.95. The molecular weight excluding hydrogens is 204 g/mol. The molecule has 4 heteroatoms. The van der Waals surface area contributed by atoms with E-state index in [-0.39, 0.29) is 6.10 Å². The number of nitrogens with two attached hydrogens (primary N) is 1. The van der Waals surface area contributed by atoms with E-state index in [0.29, 0.717) is 11.4 Å². The van der Waals surface area contributed by atoms with Gasteiger partial charge in [0.1, 0.15) is 6.10 Å². The predicted octanol–water partition coefficient (Wildman–Crippen LogP) is 1.89. The van der Waals surface area contributed by atoms with Crippen molar-refractivity contribution in [2.75, 3.05) is 0 Å². The van der Waals surface area contributed by atoms with E-state index in [4.69, 9.17) is 10.5 Å². The minimum absolute atomic E-state index is 0.278. The first kappa shape index (κ1) is 10.9. The zero-order valence-electron chi connectivity index (χ0n) is 9.19. The molecule has 0 aromatic carbocycles. The summed E-state index contributed by atoms with van der Waals surface area (Å²) < 4.78 is 5.73. The number of nitrogens with zero attached hydrogens (tertiary/aromatic N) is 1. The number of hydrogen-bond donors (Lipinski definition) is 1. The quantitative estimate of drug-likeness (QED) is 0.846. The highest BCUT2D eigenvalue weighted by Gasteiger charge is 2.15. The molecule has 0 bridgehead atoms. The molecule has 1 amide bonds. The second-order valence-corrected chi connectivity index (χ2v) is 4.13. The molecule has 0 spiro atoms. The van der Waals surface area contributed by atoms with E-state index in [1.807, 2.05) is 0 Å². The number of ether oxygens (including phenoxy) is 1. The summed E-state index contributed by atoms with van der Waals surface area (Å²) in [7, 11) is 0. The number of amides is 1. The molecular formula is C12H16N2O2. The topological polar surface area (TPSA) is 65.2 Å². The van der Waals surface area contributed by atoms with Crippen molar-refractivity contribution in [3.63, 3.8) is 0 Å². The monoisotopic (exact) mass is 220 g/mol. The van der Waals surface area contributed by atoms with E-state index in [1.165, 1.54) is 25.5 Å². The summed E-state index contributed by atoms with van der Waals surface area (Å²) in [5.74, 6) is 0.119. The smallest absolute Gasteiger partial charge is 0.250 e. The summed E-state index contributed by atoms with van der Waals surface area (Å²) in [5, 5.41) is 0. The van der Waals surface area contributed by atoms with Gasteiger partial charge >= 0.3 is 0 Å². The lowest BCUT2D eigenvalue weighted by Crippen LogP contribution is -2.20. The van der Waals surface area contributed by atoms with Gasteiger partial charge in [-0.1, -0.05) is 6.42 Å². The standard InChI is InChI=1S/C12H16N2O2/c13-12(15)9-6-7-11(14-8-9)16-10-4-2-1-3-5-10/h6-8,10H,1-5H2,(H2,13,15). The van der Waals surface area contributed by atoms with E-state index in [9.17, 15) is 4.79 Å². The highest BCUT2D eigenvalue weighted by Crippen LogP contribution is 2.22. The van der Waals surface area contributed by atoms with Crippen molar-refractivity contribution >= 4 is 5.91 Å². The maximum Gasteiger partial charge on any atom is 0.250 e. The van der Waals surface area contributed by atoms with Gasteiger partial charge in [-0.15, -0.1) is 0 Å². The van der Waals surface area contributed by atoms with Gasteiger partial charge in [0.05, 0.1) is 5.56 Å². The molecule has 2 rings (SSSR count). The molecule has 1 aliphatic rings. The third-order valence-corrected chi connectivity index (χ3v) is 2.86. The second-order valence-electron chi connectivity index (χ2n) is 4.13. The van der Waals surface area contributed by atoms with Gasteiger partial charge < -0.3 is 10.5 Å². The Bertz CT molecular complexity index is 356. The molecule has 1 heterocycles. The van der Waals surface area contributed by atoms with E-state index in [0.717, 1.165) is 12.8 Å². The first-order valence-corrected chi connectivity index (χ1v) is 5.68. The zero-order chi connectivity index (χ0) is 11.4. The van der Waals surface area contributed by atoms with Gasteiger partial charge in [0.2, 0.25) is 11.8 Å². The van der Waals surface area contributed by atoms with Crippen LogP contribution < -0.4 is 10.5 Å². The van der Waals surface area contributed by atoms with Crippen molar-refractivity contribution in [2.24, 2.45) is 5.73 Å². The highest BCUT2D eigenvalue weighted by atomic mass is 16.5. The third-order valence-electron chi connectivity index (χ3n) is 2.86. The molecule has 0 unspecified atom stereocenters. The van der Waals surface area contributed by atoms with Crippen molar-refractivity contribution in [3.05, 3.63) is 23.9 Å². The number of rotatable bonds is 3. The summed E-state index contributed by atoms with van der Waals surface area (Å²) in [5.41, 5.74) is 5.54. The summed E-state index contributed by atoms with van der Waals surface area (Å²) in [6.45, 7) is 0. The Balaban J connectivity index is 1.96. The zero-order valence-corrected chi connectivity index (χ0v) is 9.19. The lowest BCUT2D eigenvalue weighted by atomic mass is 9.98. The maximum absolute atomic E-state index is 10.8. The Morgan fingerprint density at radius 2 is 2.06 bits per heavy atom. The summed E-state index contributed by atoms with van der Waals surface area (Å²) >= 11 is 0. The predicted molar refractivity (Wildman–Crippen MR) is 60.3 cm³/mol. The lowest BCUT2D eigenvalue weighted by molar-refractivity contribution is 0.0999. The van der Waals surface area contributed by atoms with Crippen LogP contribution in [0.4, 0.5) is 0 Å². The van der Waals surface area contributed by atoms with Crippen LogP contribution in [0.3, 0.4) is 0 Å². The average molecular weight is 220 g/mol. The number of carbonyl (C=O) groups is 1. The summed E-state index contributed by atoms with van der Waals surface area (Å²) in [6.07, 6.45) is 7.68. The minimum atomic E-state index is -0.461. The number of primary amides is 1. The van der Waals surface area contributed by atoms with Gasteiger partial charge in [-0.25, -0.2) is 4.98 Å². The average Bonchev–Trinajstić information content (AvgIpc) is 2.31. The highest BCUT2D eigenvalue weighted by molar-refractivity contribution is 5.92. The molecule has 16 heavy (non-hydrogen) atoms. The maximum atomic E-state index is 10.8. The van der Waals surface area contributed by atoms with Crippen LogP contribution in [-0.2, 0) is 0 Å². The van der Waals surface area contributed by atoms with Gasteiger partial charge in [0, 0.05) is 12.3 Å². The van der Waals surface area contributed by atoms with E-state index < -0.39 is 5.91 Å². The second kappa shape index (κ2) is 4.96. The van der Waals surface area contributed by atoms with E-state index >= 15 is 0 Å². The summed E-state index contributed by atoms with van der Waals surface area (Å²) in [4.78, 5) is 14.9. The van der Waals surface area contributed by atoms with Crippen LogP contribution in [-0.4, -0.2) is 17.0 Å². The third kappa shape index (κ3) is 2.72. The van der Waals surface area contributed by atoms with Gasteiger partial charge in [-0.05, 0) is 31.7 Å². The van der Waals surface area contributed by atoms with E-state index in [1.54, 1.807) is 12.1 Å². The van der Waals surface area contributed by atoms with Crippen LogP contribution in [0.1, 0.15) is 42.5 Å². The molecule has 2 N–H and O–H groups in total. The SMILES string of the molecule is NC(=O)c1ccc(OC2CCCCC2)nc1. The molecule has 1 fully saturated rings. The van der Waals surface area contributed by atoms with Crippen molar-refractivity contribution < 1.29 is 9.53 Å². The fourth-order valence-electron chi connectivity index (χ4n) is 1.95. The number of aromatic nitrogens is 1. The molecule has 0 atom stereocenters. The molecule has 1 saturated carbocycles. The van der Waals surface area contributed by atoms with Crippen molar-refractivity contribution in [2.45, 2.75) is 38.2 Å². The molecule has 1 aliphatic carbocycles. The molecule has 4 nitrogen and oxygen atoms in total. The van der Waals surface area contributed by atoms with E-state index in [2.05, 4.69) is 4.98 Å². The Morgan fingerprint density at radius 3 is 2.62 bits per heavy atom. The van der Waals surface area contributed by atoms with Crippen LogP contribution in [0.5, 0.6) is 5.88 Å². The van der Waals surface area contributed by atoms with Gasteiger partial charge in [0.25, 0.3) is 0 Å². The molecule has 1 aromatic rings. The van der Waals surface area contributed by atoms with Crippen LogP contribution in [0.2, 0.25) is 0 Å². The Morgan fingerprint density at radius 1 is 1.31 bits per heavy atom. The Labute approximate surface area is 94.8 Å². The first-order chi connectivity index (χ1) is 7.75. The number of carbonyl (C=O) groups excluding carboxylic acids is 1. The van der Waals surface area contributed by atoms with Crippen molar-refractivity contribution in [1.82, 2.24) is 4.98 Å². The molecule has 0 saturated heterocycles.